The highest BCUT2D eigenvalue weighted by Crippen LogP contribution is 2.47. The van der Waals surface area contributed by atoms with Gasteiger partial charge in [0.15, 0.2) is 5.78 Å². The predicted octanol–water partition coefficient (Wildman–Crippen LogP) is 4.12. The number of carbonyl (C=O) groups excluding carboxylic acids is 2. The fourth-order valence-corrected chi connectivity index (χ4v) is 4.79. The van der Waals surface area contributed by atoms with Crippen LogP contribution in [-0.2, 0) is 19.1 Å². The van der Waals surface area contributed by atoms with Crippen molar-refractivity contribution in [2.24, 2.45) is 11.1 Å². The minimum Gasteiger partial charge on any atom is -0.463 e. The van der Waals surface area contributed by atoms with Crippen LogP contribution in [0.1, 0.15) is 45.1 Å². The highest BCUT2D eigenvalue weighted by molar-refractivity contribution is 6.34. The van der Waals surface area contributed by atoms with E-state index >= 15 is 0 Å². The molecule has 8 heteroatoms. The van der Waals surface area contributed by atoms with E-state index in [1.54, 1.807) is 25.1 Å². The van der Waals surface area contributed by atoms with Crippen LogP contribution in [0.2, 0.25) is 10.0 Å². The largest absolute Gasteiger partial charge is 0.463 e. The first kappa shape index (κ1) is 23.8. The molecule has 0 bridgehead atoms. The van der Waals surface area contributed by atoms with E-state index in [-0.39, 0.29) is 24.4 Å². The third kappa shape index (κ3) is 5.32. The molecule has 1 aliphatic heterocycles. The zero-order chi connectivity index (χ0) is 22.8. The number of dihydropyridines is 1. The Morgan fingerprint density at radius 1 is 1.23 bits per heavy atom. The van der Waals surface area contributed by atoms with Crippen molar-refractivity contribution in [3.8, 4) is 0 Å². The Hall–Kier alpha value is -1.86. The second-order valence-corrected chi connectivity index (χ2v) is 9.42. The number of hydrogen-bond acceptors (Lipinski definition) is 6. The Balaban J connectivity index is 2.21. The quantitative estimate of drug-likeness (QED) is 0.463. The molecule has 6 nitrogen and oxygen atoms in total. The van der Waals surface area contributed by atoms with Crippen LogP contribution in [0.5, 0.6) is 0 Å². The smallest absolute Gasteiger partial charge is 0.336 e. The number of carbonyl (C=O) groups is 2. The van der Waals surface area contributed by atoms with Gasteiger partial charge in [-0.15, -0.1) is 0 Å². The summed E-state index contributed by atoms with van der Waals surface area (Å²) in [5.74, 6) is -1.17. The minimum atomic E-state index is -0.647. The summed E-state index contributed by atoms with van der Waals surface area (Å²) in [6, 6.07) is 5.09. The van der Waals surface area contributed by atoms with Crippen LogP contribution in [0.4, 0.5) is 0 Å². The summed E-state index contributed by atoms with van der Waals surface area (Å²) in [6.45, 7) is 6.88. The summed E-state index contributed by atoms with van der Waals surface area (Å²) in [6.07, 6.45) is 1.04. The van der Waals surface area contributed by atoms with Crippen LogP contribution in [0, 0.1) is 5.41 Å². The Morgan fingerprint density at radius 2 is 1.90 bits per heavy atom. The number of nitrogens with one attached hydrogen (secondary N) is 1. The highest BCUT2D eigenvalue weighted by atomic mass is 35.5. The summed E-state index contributed by atoms with van der Waals surface area (Å²) in [5, 5.41) is 4.18. The Kier molecular flexibility index (Phi) is 7.47. The summed E-state index contributed by atoms with van der Waals surface area (Å²) in [4.78, 5) is 26.4. The van der Waals surface area contributed by atoms with Crippen LogP contribution >= 0.6 is 23.2 Å². The highest BCUT2D eigenvalue weighted by Gasteiger charge is 2.44. The van der Waals surface area contributed by atoms with Crippen molar-refractivity contribution < 1.29 is 19.1 Å². The van der Waals surface area contributed by atoms with Gasteiger partial charge in [0.1, 0.15) is 0 Å². The summed E-state index contributed by atoms with van der Waals surface area (Å²) < 4.78 is 11.0. The molecular formula is C23H28Cl2N2O4. The van der Waals surface area contributed by atoms with E-state index in [9.17, 15) is 9.59 Å². The van der Waals surface area contributed by atoms with Crippen LogP contribution in [0.3, 0.4) is 0 Å². The maximum absolute atomic E-state index is 13.3. The first-order valence-corrected chi connectivity index (χ1v) is 11.1. The molecule has 1 heterocycles. The van der Waals surface area contributed by atoms with Crippen molar-refractivity contribution in [3.05, 3.63) is 56.3 Å². The van der Waals surface area contributed by atoms with E-state index in [1.807, 2.05) is 0 Å². The Morgan fingerprint density at radius 3 is 2.52 bits per heavy atom. The first-order valence-electron chi connectivity index (χ1n) is 10.3. The van der Waals surface area contributed by atoms with Gasteiger partial charge in [-0.05, 0) is 42.5 Å². The second-order valence-electron chi connectivity index (χ2n) is 8.55. The lowest BCUT2D eigenvalue weighted by atomic mass is 9.68. The van der Waals surface area contributed by atoms with E-state index in [0.717, 1.165) is 5.70 Å². The summed E-state index contributed by atoms with van der Waals surface area (Å²) in [7, 11) is 0. The Bertz CT molecular complexity index is 933. The molecule has 1 aromatic rings. The molecule has 0 aromatic heterocycles. The normalized spacial score (nSPS) is 20.5. The third-order valence-electron chi connectivity index (χ3n) is 5.35. The van der Waals surface area contributed by atoms with Crippen LogP contribution in [0.15, 0.2) is 40.7 Å². The number of esters is 1. The van der Waals surface area contributed by atoms with Gasteiger partial charge in [-0.1, -0.05) is 37.0 Å². The fraction of sp³-hybridized carbons (Fsp3) is 0.478. The number of halogens is 2. The Labute approximate surface area is 192 Å². The van der Waals surface area contributed by atoms with Gasteiger partial charge in [-0.3, -0.25) is 4.79 Å². The summed E-state index contributed by atoms with van der Waals surface area (Å²) >= 11 is 12.6. The van der Waals surface area contributed by atoms with Crippen molar-refractivity contribution in [2.75, 3.05) is 26.4 Å². The lowest BCUT2D eigenvalue weighted by molar-refractivity contribution is -0.139. The number of Topliss-reactive ketones (excluding diaryl/α,β-unsaturated/α-hetero) is 1. The molecule has 1 unspecified atom stereocenters. The van der Waals surface area contributed by atoms with Gasteiger partial charge in [-0.25, -0.2) is 4.79 Å². The number of benzene rings is 1. The summed E-state index contributed by atoms with van der Waals surface area (Å²) in [5.41, 5.74) is 8.28. The van der Waals surface area contributed by atoms with Gasteiger partial charge in [-0.2, -0.15) is 0 Å². The molecule has 0 spiro atoms. The molecule has 0 saturated carbocycles. The predicted molar refractivity (Wildman–Crippen MR) is 121 cm³/mol. The SMILES string of the molecule is CCOC(=O)C1=C(COCCN)NC2=C(C(=O)CC(C)(C)C2)C1c1cc(Cl)cc(Cl)c1. The number of allylic oxidation sites excluding steroid dienone is 2. The molecule has 0 fully saturated rings. The van der Waals surface area contributed by atoms with E-state index in [1.165, 1.54) is 0 Å². The molecule has 1 aromatic carbocycles. The monoisotopic (exact) mass is 466 g/mol. The second kappa shape index (κ2) is 9.74. The fourth-order valence-electron chi connectivity index (χ4n) is 4.25. The molecule has 168 valence electrons. The van der Waals surface area contributed by atoms with Crippen molar-refractivity contribution in [1.82, 2.24) is 5.32 Å². The van der Waals surface area contributed by atoms with Crippen molar-refractivity contribution in [1.29, 1.82) is 0 Å². The van der Waals surface area contributed by atoms with Gasteiger partial charge >= 0.3 is 5.97 Å². The average Bonchev–Trinajstić information content (AvgIpc) is 2.65. The topological polar surface area (TPSA) is 90.7 Å². The van der Waals surface area contributed by atoms with E-state index in [2.05, 4.69) is 19.2 Å². The molecule has 31 heavy (non-hydrogen) atoms. The van der Waals surface area contributed by atoms with Gasteiger partial charge in [0.25, 0.3) is 0 Å². The number of rotatable bonds is 7. The first-order chi connectivity index (χ1) is 14.7. The molecule has 2 aliphatic rings. The van der Waals surface area contributed by atoms with Crippen molar-refractivity contribution in [2.45, 2.75) is 39.5 Å². The van der Waals surface area contributed by atoms with Crippen LogP contribution < -0.4 is 11.1 Å². The number of nitrogens with two attached hydrogens (primary N) is 1. The molecule has 1 aliphatic carbocycles. The number of hydrogen-bond donors (Lipinski definition) is 2. The van der Waals surface area contributed by atoms with Crippen LogP contribution in [0.25, 0.3) is 0 Å². The van der Waals surface area contributed by atoms with Crippen molar-refractivity contribution in [3.63, 3.8) is 0 Å². The lowest BCUT2D eigenvalue weighted by Crippen LogP contribution is -2.40. The zero-order valence-electron chi connectivity index (χ0n) is 18.0. The zero-order valence-corrected chi connectivity index (χ0v) is 19.5. The molecule has 0 saturated heterocycles. The van der Waals surface area contributed by atoms with Gasteiger partial charge in [0.2, 0.25) is 0 Å². The standard InChI is InChI=1S/C23H28Cl2N2O4/c1-4-31-22(29)21-17(12-30-6-5-26)27-16-10-23(2,3)11-18(28)20(16)19(21)13-7-14(24)9-15(25)8-13/h7-9,19,27H,4-6,10-12,26H2,1-3H3. The van der Waals surface area contributed by atoms with Crippen LogP contribution in [-0.4, -0.2) is 38.1 Å². The van der Waals surface area contributed by atoms with E-state index in [0.29, 0.717) is 58.4 Å². The number of ketones is 1. The molecule has 3 rings (SSSR count). The minimum absolute atomic E-state index is 0.0106. The van der Waals surface area contributed by atoms with E-state index < -0.39 is 11.9 Å². The van der Waals surface area contributed by atoms with Gasteiger partial charge in [0, 0.05) is 40.2 Å². The molecule has 3 N–H and O–H groups in total. The number of ether oxygens (including phenoxy) is 2. The van der Waals surface area contributed by atoms with Gasteiger partial charge < -0.3 is 20.5 Å². The maximum Gasteiger partial charge on any atom is 0.336 e. The molecule has 0 amide bonds. The molecule has 0 radical (unpaired) electrons. The van der Waals surface area contributed by atoms with E-state index in [4.69, 9.17) is 38.4 Å². The lowest BCUT2D eigenvalue weighted by Gasteiger charge is -2.40. The molecular weight excluding hydrogens is 439 g/mol. The van der Waals surface area contributed by atoms with Crippen molar-refractivity contribution >= 4 is 35.0 Å². The maximum atomic E-state index is 13.3. The average molecular weight is 467 g/mol. The van der Waals surface area contributed by atoms with Gasteiger partial charge in [0.05, 0.1) is 31.1 Å². The molecule has 1 atom stereocenters. The third-order valence-corrected chi connectivity index (χ3v) is 5.78.